The SMILES string of the molecule is COC(=O)c1oc2ccc(C(F)(F)F)cc2c1N. The fraction of sp³-hybridized carbons (Fsp3) is 0.182. The quantitative estimate of drug-likeness (QED) is 0.800. The highest BCUT2D eigenvalue weighted by atomic mass is 19.4. The molecule has 96 valence electrons. The fourth-order valence-corrected chi connectivity index (χ4v) is 1.54. The Morgan fingerprint density at radius 1 is 1.39 bits per heavy atom. The van der Waals surface area contributed by atoms with Crippen LogP contribution in [0.3, 0.4) is 0 Å². The minimum Gasteiger partial charge on any atom is -0.463 e. The number of alkyl halides is 3. The Morgan fingerprint density at radius 2 is 2.06 bits per heavy atom. The highest BCUT2D eigenvalue weighted by Crippen LogP contribution is 2.35. The molecule has 0 atom stereocenters. The molecule has 0 radical (unpaired) electrons. The molecule has 0 unspecified atom stereocenters. The lowest BCUT2D eigenvalue weighted by Crippen LogP contribution is -2.04. The van der Waals surface area contributed by atoms with Crippen LogP contribution in [0, 0.1) is 0 Å². The van der Waals surface area contributed by atoms with Gasteiger partial charge in [-0.05, 0) is 18.2 Å². The molecule has 0 saturated heterocycles. The number of ether oxygens (including phenoxy) is 1. The zero-order valence-corrected chi connectivity index (χ0v) is 9.17. The lowest BCUT2D eigenvalue weighted by molar-refractivity contribution is -0.137. The second-order valence-electron chi connectivity index (χ2n) is 3.55. The summed E-state index contributed by atoms with van der Waals surface area (Å²) in [7, 11) is 1.12. The summed E-state index contributed by atoms with van der Waals surface area (Å²) in [4.78, 5) is 11.3. The second-order valence-corrected chi connectivity index (χ2v) is 3.55. The van der Waals surface area contributed by atoms with Gasteiger partial charge in [0.25, 0.3) is 0 Å². The number of nitrogens with two attached hydrogens (primary N) is 1. The van der Waals surface area contributed by atoms with Crippen LogP contribution in [0.15, 0.2) is 22.6 Å². The van der Waals surface area contributed by atoms with Crippen molar-refractivity contribution >= 4 is 22.6 Å². The van der Waals surface area contributed by atoms with Gasteiger partial charge in [0.1, 0.15) is 5.58 Å². The molecule has 0 aliphatic carbocycles. The summed E-state index contributed by atoms with van der Waals surface area (Å²) in [6.45, 7) is 0. The largest absolute Gasteiger partial charge is 0.463 e. The summed E-state index contributed by atoms with van der Waals surface area (Å²) in [5.74, 6) is -1.14. The number of anilines is 1. The lowest BCUT2D eigenvalue weighted by atomic mass is 10.1. The average Bonchev–Trinajstić information content (AvgIpc) is 2.64. The number of esters is 1. The molecular formula is C11H8F3NO3. The van der Waals surface area contributed by atoms with Crippen LogP contribution in [0.5, 0.6) is 0 Å². The Kier molecular flexibility index (Phi) is 2.68. The first-order valence-electron chi connectivity index (χ1n) is 4.82. The van der Waals surface area contributed by atoms with Gasteiger partial charge >= 0.3 is 12.1 Å². The van der Waals surface area contributed by atoms with Crippen molar-refractivity contribution in [3.05, 3.63) is 29.5 Å². The van der Waals surface area contributed by atoms with E-state index in [0.29, 0.717) is 0 Å². The van der Waals surface area contributed by atoms with Gasteiger partial charge in [0.15, 0.2) is 0 Å². The minimum absolute atomic E-state index is 0.0326. The van der Waals surface area contributed by atoms with E-state index in [4.69, 9.17) is 10.2 Å². The third-order valence-corrected chi connectivity index (χ3v) is 2.42. The van der Waals surface area contributed by atoms with Crippen LogP contribution >= 0.6 is 0 Å². The summed E-state index contributed by atoms with van der Waals surface area (Å²) >= 11 is 0. The van der Waals surface area contributed by atoms with Crippen LogP contribution in [0.4, 0.5) is 18.9 Å². The number of rotatable bonds is 1. The monoisotopic (exact) mass is 259 g/mol. The van der Waals surface area contributed by atoms with Crippen molar-refractivity contribution in [3.8, 4) is 0 Å². The van der Waals surface area contributed by atoms with Gasteiger partial charge in [0.05, 0.1) is 18.4 Å². The molecule has 18 heavy (non-hydrogen) atoms. The molecule has 0 aliphatic rings. The van der Waals surface area contributed by atoms with Gasteiger partial charge in [-0.25, -0.2) is 4.79 Å². The standard InChI is InChI=1S/C11H8F3NO3/c1-17-10(16)9-8(15)6-4-5(11(12,13)14)2-3-7(6)18-9/h2-4H,15H2,1H3. The maximum atomic E-state index is 12.5. The van der Waals surface area contributed by atoms with Gasteiger partial charge in [-0.2, -0.15) is 13.2 Å². The van der Waals surface area contributed by atoms with E-state index in [-0.39, 0.29) is 22.4 Å². The van der Waals surface area contributed by atoms with Crippen LogP contribution in [-0.4, -0.2) is 13.1 Å². The number of hydrogen-bond acceptors (Lipinski definition) is 4. The highest BCUT2D eigenvalue weighted by molar-refractivity contribution is 6.03. The number of hydrogen-bond donors (Lipinski definition) is 1. The third-order valence-electron chi connectivity index (χ3n) is 2.42. The minimum atomic E-state index is -4.48. The van der Waals surface area contributed by atoms with Crippen molar-refractivity contribution in [2.75, 3.05) is 12.8 Å². The highest BCUT2D eigenvalue weighted by Gasteiger charge is 2.31. The molecule has 0 spiro atoms. The fourth-order valence-electron chi connectivity index (χ4n) is 1.54. The van der Waals surface area contributed by atoms with Crippen LogP contribution in [-0.2, 0) is 10.9 Å². The molecule has 0 saturated carbocycles. The Balaban J connectivity index is 2.64. The molecule has 7 heteroatoms. The number of halogens is 3. The number of methoxy groups -OCH3 is 1. The van der Waals surface area contributed by atoms with E-state index in [0.717, 1.165) is 25.3 Å². The van der Waals surface area contributed by atoms with Crippen molar-refractivity contribution in [2.45, 2.75) is 6.18 Å². The molecule has 2 rings (SSSR count). The summed E-state index contributed by atoms with van der Waals surface area (Å²) in [5, 5.41) is 0.0326. The van der Waals surface area contributed by atoms with Gasteiger partial charge < -0.3 is 14.9 Å². The molecule has 2 N–H and O–H groups in total. The van der Waals surface area contributed by atoms with E-state index < -0.39 is 17.7 Å². The average molecular weight is 259 g/mol. The molecule has 1 heterocycles. The predicted molar refractivity (Wildman–Crippen MR) is 57.0 cm³/mol. The molecule has 0 fully saturated rings. The van der Waals surface area contributed by atoms with Crippen molar-refractivity contribution in [1.82, 2.24) is 0 Å². The summed E-state index contributed by atoms with van der Waals surface area (Å²) in [6, 6.07) is 2.80. The normalized spacial score (nSPS) is 11.8. The summed E-state index contributed by atoms with van der Waals surface area (Å²) < 4.78 is 47.0. The third kappa shape index (κ3) is 1.87. The van der Waals surface area contributed by atoms with Gasteiger partial charge in [0.2, 0.25) is 5.76 Å². The van der Waals surface area contributed by atoms with E-state index in [1.165, 1.54) is 0 Å². The zero-order valence-electron chi connectivity index (χ0n) is 9.17. The molecule has 2 aromatic rings. The van der Waals surface area contributed by atoms with E-state index in [1.54, 1.807) is 0 Å². The Labute approximate surface area is 99.1 Å². The molecule has 4 nitrogen and oxygen atoms in total. The first-order chi connectivity index (χ1) is 8.34. The molecule has 0 bridgehead atoms. The molecule has 0 aliphatic heterocycles. The number of carbonyl (C=O) groups excluding carboxylic acids is 1. The maximum Gasteiger partial charge on any atom is 0.416 e. The van der Waals surface area contributed by atoms with Crippen molar-refractivity contribution in [3.63, 3.8) is 0 Å². The molecule has 1 aromatic carbocycles. The van der Waals surface area contributed by atoms with Crippen LogP contribution in [0.1, 0.15) is 16.1 Å². The van der Waals surface area contributed by atoms with Crippen LogP contribution < -0.4 is 5.73 Å². The van der Waals surface area contributed by atoms with Gasteiger partial charge in [-0.15, -0.1) is 0 Å². The van der Waals surface area contributed by atoms with Gasteiger partial charge in [0, 0.05) is 5.39 Å². The van der Waals surface area contributed by atoms with Crippen molar-refractivity contribution < 1.29 is 27.1 Å². The lowest BCUT2D eigenvalue weighted by Gasteiger charge is -2.05. The number of carbonyl (C=O) groups is 1. The number of nitrogen functional groups attached to an aromatic ring is 1. The van der Waals surface area contributed by atoms with Crippen molar-refractivity contribution in [1.29, 1.82) is 0 Å². The predicted octanol–water partition coefficient (Wildman–Crippen LogP) is 2.82. The van der Waals surface area contributed by atoms with E-state index in [2.05, 4.69) is 4.74 Å². The van der Waals surface area contributed by atoms with E-state index >= 15 is 0 Å². The van der Waals surface area contributed by atoms with Crippen LogP contribution in [0.25, 0.3) is 11.0 Å². The first kappa shape index (κ1) is 12.3. The number of furan rings is 1. The summed E-state index contributed by atoms with van der Waals surface area (Å²) in [6.07, 6.45) is -4.48. The van der Waals surface area contributed by atoms with Crippen molar-refractivity contribution in [2.24, 2.45) is 0 Å². The first-order valence-corrected chi connectivity index (χ1v) is 4.82. The Bertz CT molecular complexity index is 616. The van der Waals surface area contributed by atoms with E-state index in [9.17, 15) is 18.0 Å². The number of fused-ring (bicyclic) bond motifs is 1. The molecule has 0 amide bonds. The molecular weight excluding hydrogens is 251 g/mol. The second kappa shape index (κ2) is 3.94. The summed E-state index contributed by atoms with van der Waals surface area (Å²) in [5.41, 5.74) is 4.64. The molecule has 1 aromatic heterocycles. The van der Waals surface area contributed by atoms with Gasteiger partial charge in [-0.3, -0.25) is 0 Å². The maximum absolute atomic E-state index is 12.5. The topological polar surface area (TPSA) is 65.5 Å². The van der Waals surface area contributed by atoms with E-state index in [1.807, 2.05) is 0 Å². The number of benzene rings is 1. The Morgan fingerprint density at radius 3 is 2.61 bits per heavy atom. The van der Waals surface area contributed by atoms with Crippen LogP contribution in [0.2, 0.25) is 0 Å². The zero-order chi connectivity index (χ0) is 13.5. The van der Waals surface area contributed by atoms with Gasteiger partial charge in [-0.1, -0.05) is 0 Å². The smallest absolute Gasteiger partial charge is 0.416 e. The Hall–Kier alpha value is -2.18.